The molecule has 1 saturated heterocycles. The molecule has 7 heteroatoms. The third-order valence-electron chi connectivity index (χ3n) is 1.83. The predicted octanol–water partition coefficient (Wildman–Crippen LogP) is -3.13. The maximum absolute atomic E-state index is 10.4. The summed E-state index contributed by atoms with van der Waals surface area (Å²) in [6, 6.07) is 0. The summed E-state index contributed by atoms with van der Waals surface area (Å²) in [7, 11) is 0. The minimum absolute atomic E-state index is 1.52. The second-order valence-electron chi connectivity index (χ2n) is 2.76. The van der Waals surface area contributed by atoms with Gasteiger partial charge in [-0.2, -0.15) is 0 Å². The molecule has 0 aromatic carbocycles. The van der Waals surface area contributed by atoms with Crippen LogP contribution in [0.4, 0.5) is 0 Å². The van der Waals surface area contributed by atoms with E-state index in [-0.39, 0.29) is 0 Å². The number of aliphatic carboxylic acids is 1. The minimum Gasteiger partial charge on any atom is -0.479 e. The summed E-state index contributed by atoms with van der Waals surface area (Å²) in [5.74, 6) is -1.52. The fourth-order valence-corrected chi connectivity index (χ4v) is 1.07. The van der Waals surface area contributed by atoms with Gasteiger partial charge < -0.3 is 30.3 Å². The van der Waals surface area contributed by atoms with Gasteiger partial charge in [-0.25, -0.2) is 4.79 Å². The lowest BCUT2D eigenvalue weighted by molar-refractivity contribution is -0.279. The molecule has 0 aromatic rings. The Labute approximate surface area is 72.8 Å². The molecule has 0 spiro atoms. The van der Waals surface area contributed by atoms with E-state index in [0.717, 1.165) is 0 Å². The normalized spacial score (nSPS) is 46.0. The molecule has 0 aromatic heterocycles. The molecule has 1 aliphatic rings. The fourth-order valence-electron chi connectivity index (χ4n) is 1.07. The molecule has 0 radical (unpaired) electrons. The van der Waals surface area contributed by atoms with E-state index in [4.69, 9.17) is 25.5 Å². The van der Waals surface area contributed by atoms with E-state index in [1.807, 2.05) is 0 Å². The molecule has 1 aliphatic heterocycles. The van der Waals surface area contributed by atoms with Crippen LogP contribution in [0.2, 0.25) is 0 Å². The second-order valence-corrected chi connectivity index (χ2v) is 2.76. The van der Waals surface area contributed by atoms with Crippen molar-refractivity contribution in [2.24, 2.45) is 0 Å². The number of hydrogen-bond acceptors (Lipinski definition) is 6. The molecule has 5 N–H and O–H groups in total. The molecule has 7 nitrogen and oxygen atoms in total. The van der Waals surface area contributed by atoms with Crippen molar-refractivity contribution in [3.05, 3.63) is 0 Å². The summed E-state index contributed by atoms with van der Waals surface area (Å²) in [4.78, 5) is 10.4. The van der Waals surface area contributed by atoms with Crippen LogP contribution in [0.5, 0.6) is 0 Å². The van der Waals surface area contributed by atoms with E-state index >= 15 is 0 Å². The lowest BCUT2D eigenvalue weighted by atomic mass is 9.99. The van der Waals surface area contributed by atoms with Crippen molar-refractivity contribution in [1.82, 2.24) is 0 Å². The first-order valence-electron chi connectivity index (χ1n) is 3.55. The zero-order valence-electron chi connectivity index (χ0n) is 6.44. The Hall–Kier alpha value is -0.730. The Morgan fingerprint density at radius 1 is 1.00 bits per heavy atom. The van der Waals surface area contributed by atoms with Crippen molar-refractivity contribution in [1.29, 1.82) is 0 Å². The largest absolute Gasteiger partial charge is 0.479 e. The van der Waals surface area contributed by atoms with Gasteiger partial charge in [-0.15, -0.1) is 0 Å². The molecule has 1 rings (SSSR count). The smallest absolute Gasteiger partial charge is 0.335 e. The molecule has 76 valence electrons. The minimum atomic E-state index is -1.81. The van der Waals surface area contributed by atoms with E-state index in [1.54, 1.807) is 0 Å². The average molecular weight is 194 g/mol. The van der Waals surface area contributed by atoms with Crippen LogP contribution in [-0.4, -0.2) is 62.2 Å². The topological polar surface area (TPSA) is 127 Å². The number of carbonyl (C=O) groups is 1. The molecule has 5 atom stereocenters. The Morgan fingerprint density at radius 2 is 1.54 bits per heavy atom. The molecule has 4 unspecified atom stereocenters. The molecule has 0 amide bonds. The highest BCUT2D eigenvalue weighted by Crippen LogP contribution is 2.19. The van der Waals surface area contributed by atoms with Gasteiger partial charge in [-0.05, 0) is 0 Å². The van der Waals surface area contributed by atoms with Crippen molar-refractivity contribution in [2.75, 3.05) is 0 Å². The van der Waals surface area contributed by atoms with Gasteiger partial charge >= 0.3 is 5.97 Å². The Kier molecular flexibility index (Phi) is 2.84. The maximum Gasteiger partial charge on any atom is 0.335 e. The fraction of sp³-hybridized carbons (Fsp3) is 0.833. The number of aliphatic hydroxyl groups is 4. The van der Waals surface area contributed by atoms with Crippen molar-refractivity contribution in [2.45, 2.75) is 30.7 Å². The van der Waals surface area contributed by atoms with Crippen LogP contribution in [-0.2, 0) is 9.53 Å². The van der Waals surface area contributed by atoms with E-state index in [9.17, 15) is 4.79 Å². The standard InChI is InChI=1S/C6H10O7/c7-1-2(8)4(5(10)11)13-6(12)3(1)9/h1-4,6-9,12H,(H,10,11)/t1-,2?,3?,4?,6?/m0/s1. The molecule has 0 saturated carbocycles. The van der Waals surface area contributed by atoms with Crippen LogP contribution < -0.4 is 0 Å². The summed E-state index contributed by atoms with van der Waals surface area (Å²) in [6.45, 7) is 0. The van der Waals surface area contributed by atoms with Crippen molar-refractivity contribution in [3.63, 3.8) is 0 Å². The Bertz CT molecular complexity index is 205. The van der Waals surface area contributed by atoms with Crippen LogP contribution in [0.3, 0.4) is 0 Å². The summed E-state index contributed by atoms with van der Waals surface area (Å²) in [6.07, 6.45) is -8.72. The van der Waals surface area contributed by atoms with Gasteiger partial charge in [0.1, 0.15) is 18.3 Å². The van der Waals surface area contributed by atoms with Crippen LogP contribution in [0.25, 0.3) is 0 Å². The summed E-state index contributed by atoms with van der Waals surface area (Å²) >= 11 is 0. The first-order valence-corrected chi connectivity index (χ1v) is 3.55. The van der Waals surface area contributed by atoms with E-state index in [0.29, 0.717) is 0 Å². The number of carboxylic acids is 1. The van der Waals surface area contributed by atoms with Crippen molar-refractivity contribution < 1.29 is 35.1 Å². The van der Waals surface area contributed by atoms with Gasteiger partial charge in [0.05, 0.1) is 0 Å². The zero-order valence-corrected chi connectivity index (χ0v) is 6.44. The third-order valence-corrected chi connectivity index (χ3v) is 1.83. The predicted molar refractivity (Wildman–Crippen MR) is 36.5 cm³/mol. The van der Waals surface area contributed by atoms with Gasteiger partial charge in [0.25, 0.3) is 0 Å². The zero-order chi connectivity index (χ0) is 10.2. The molecular formula is C6H10O7. The van der Waals surface area contributed by atoms with Crippen LogP contribution in [0, 0.1) is 0 Å². The van der Waals surface area contributed by atoms with Crippen molar-refractivity contribution in [3.8, 4) is 0 Å². The molecule has 0 bridgehead atoms. The van der Waals surface area contributed by atoms with E-state index in [1.165, 1.54) is 0 Å². The maximum atomic E-state index is 10.4. The highest BCUT2D eigenvalue weighted by atomic mass is 16.6. The summed E-state index contributed by atoms with van der Waals surface area (Å²) in [5.41, 5.74) is 0. The third kappa shape index (κ3) is 1.79. The highest BCUT2D eigenvalue weighted by molar-refractivity contribution is 5.73. The Balaban J connectivity index is 2.76. The van der Waals surface area contributed by atoms with Crippen molar-refractivity contribution >= 4 is 5.97 Å². The van der Waals surface area contributed by atoms with Crippen LogP contribution >= 0.6 is 0 Å². The lowest BCUT2D eigenvalue weighted by Gasteiger charge is -2.36. The monoisotopic (exact) mass is 194 g/mol. The first kappa shape index (κ1) is 10.4. The van der Waals surface area contributed by atoms with E-state index in [2.05, 4.69) is 4.74 Å². The average Bonchev–Trinajstić information content (AvgIpc) is 2.07. The van der Waals surface area contributed by atoms with Gasteiger partial charge in [-0.1, -0.05) is 0 Å². The molecule has 0 aliphatic carbocycles. The Morgan fingerprint density at radius 3 is 2.00 bits per heavy atom. The molecule has 13 heavy (non-hydrogen) atoms. The summed E-state index contributed by atoms with van der Waals surface area (Å²) < 4.78 is 4.34. The SMILES string of the molecule is O=C(O)C1OC(O)C(O)[C@@H](O)C1O. The second kappa shape index (κ2) is 3.56. The summed E-state index contributed by atoms with van der Waals surface area (Å²) in [5, 5.41) is 44.4. The number of hydrogen-bond donors (Lipinski definition) is 5. The quantitative estimate of drug-likeness (QED) is 0.298. The highest BCUT2D eigenvalue weighted by Gasteiger charge is 2.46. The van der Waals surface area contributed by atoms with Crippen LogP contribution in [0.1, 0.15) is 0 Å². The van der Waals surface area contributed by atoms with Gasteiger partial charge in [0.2, 0.25) is 0 Å². The number of rotatable bonds is 1. The number of ether oxygens (including phenoxy) is 1. The molecule has 1 fully saturated rings. The van der Waals surface area contributed by atoms with Crippen LogP contribution in [0.15, 0.2) is 0 Å². The van der Waals surface area contributed by atoms with Gasteiger partial charge in [0.15, 0.2) is 12.4 Å². The van der Waals surface area contributed by atoms with Gasteiger partial charge in [0, 0.05) is 0 Å². The van der Waals surface area contributed by atoms with E-state index < -0.39 is 36.7 Å². The van der Waals surface area contributed by atoms with Gasteiger partial charge in [-0.3, -0.25) is 0 Å². The molecular weight excluding hydrogens is 184 g/mol. The molecule has 1 heterocycles. The number of carboxylic acid groups (broad SMARTS) is 1. The first-order chi connectivity index (χ1) is 5.95. The lowest BCUT2D eigenvalue weighted by Crippen LogP contribution is -2.59. The number of aliphatic hydroxyl groups excluding tert-OH is 4.